The Balaban J connectivity index is 1.86. The summed E-state index contributed by atoms with van der Waals surface area (Å²) in [7, 11) is 0. The van der Waals surface area contributed by atoms with Crippen molar-refractivity contribution in [3.05, 3.63) is 15.6 Å². The lowest BCUT2D eigenvalue weighted by Gasteiger charge is -2.26. The van der Waals surface area contributed by atoms with Crippen LogP contribution in [0.5, 0.6) is 0 Å². The molecule has 0 unspecified atom stereocenters. The number of carboxylic acids is 1. The Kier molecular flexibility index (Phi) is 4.35. The fourth-order valence-electron chi connectivity index (χ4n) is 2.45. The van der Waals surface area contributed by atoms with Gasteiger partial charge in [-0.25, -0.2) is 4.98 Å². The van der Waals surface area contributed by atoms with Crippen LogP contribution in [0.3, 0.4) is 0 Å². The lowest BCUT2D eigenvalue weighted by Crippen LogP contribution is -3.13. The maximum Gasteiger partial charge on any atom is 0.0991 e. The zero-order chi connectivity index (χ0) is 13.1. The van der Waals surface area contributed by atoms with Gasteiger partial charge >= 0.3 is 0 Å². The van der Waals surface area contributed by atoms with Crippen molar-refractivity contribution in [3.8, 4) is 0 Å². The first-order chi connectivity index (χ1) is 8.56. The van der Waals surface area contributed by atoms with Crippen molar-refractivity contribution >= 4 is 17.3 Å². The first-order valence-electron chi connectivity index (χ1n) is 6.57. The summed E-state index contributed by atoms with van der Waals surface area (Å²) in [4.78, 5) is 17.1. The quantitative estimate of drug-likeness (QED) is 0.814. The molecule has 0 saturated carbocycles. The number of thiazole rings is 1. The lowest BCUT2D eigenvalue weighted by molar-refractivity contribution is -0.905. The number of hydrogen-bond acceptors (Lipinski definition) is 4. The number of nitrogens with zero attached hydrogens (tertiary/aromatic N) is 1. The molecule has 5 heteroatoms. The number of quaternary nitrogens is 1. The predicted octanol–water partition coefficient (Wildman–Crippen LogP) is -0.328. The number of aromatic nitrogens is 1. The molecule has 1 aliphatic heterocycles. The Morgan fingerprint density at radius 3 is 2.72 bits per heavy atom. The van der Waals surface area contributed by atoms with Gasteiger partial charge in [-0.1, -0.05) is 6.92 Å². The smallest absolute Gasteiger partial charge is 0.0991 e. The molecule has 1 N–H and O–H groups in total. The van der Waals surface area contributed by atoms with E-state index in [1.165, 1.54) is 37.3 Å². The highest BCUT2D eigenvalue weighted by atomic mass is 32.1. The van der Waals surface area contributed by atoms with E-state index in [9.17, 15) is 9.90 Å². The summed E-state index contributed by atoms with van der Waals surface area (Å²) < 4.78 is 0. The van der Waals surface area contributed by atoms with Crippen LogP contribution in [0.15, 0.2) is 0 Å². The number of aromatic carboxylic acids is 1. The standard InChI is InChI=1S/C13H20N2O2S/c1-9-3-6-15(7-4-9)8-5-11-14-10(2)12(18-11)13(16)17/h9H,3-8H2,1-2H3,(H,16,17). The van der Waals surface area contributed by atoms with Crippen LogP contribution in [0.25, 0.3) is 0 Å². The van der Waals surface area contributed by atoms with Crippen molar-refractivity contribution in [2.24, 2.45) is 5.92 Å². The fourth-order valence-corrected chi connectivity index (χ4v) is 3.35. The molecular formula is C13H20N2O2S. The van der Waals surface area contributed by atoms with Crippen LogP contribution in [-0.4, -0.2) is 30.6 Å². The lowest BCUT2D eigenvalue weighted by atomic mass is 9.99. The second kappa shape index (κ2) is 5.80. The van der Waals surface area contributed by atoms with Gasteiger partial charge in [-0.2, -0.15) is 0 Å². The summed E-state index contributed by atoms with van der Waals surface area (Å²) in [5.41, 5.74) is 0.595. The van der Waals surface area contributed by atoms with Crippen molar-refractivity contribution in [1.29, 1.82) is 0 Å². The third kappa shape index (κ3) is 3.29. The Morgan fingerprint density at radius 1 is 1.50 bits per heavy atom. The minimum Gasteiger partial charge on any atom is -0.544 e. The molecule has 1 saturated heterocycles. The molecule has 18 heavy (non-hydrogen) atoms. The normalized spacial score (nSPS) is 24.1. The Labute approximate surface area is 112 Å². The largest absolute Gasteiger partial charge is 0.544 e. The number of carbonyl (C=O) groups excluding carboxylic acids is 1. The molecular weight excluding hydrogens is 248 g/mol. The minimum atomic E-state index is -1.10. The highest BCUT2D eigenvalue weighted by molar-refractivity contribution is 7.13. The van der Waals surface area contributed by atoms with Gasteiger partial charge in [0.05, 0.1) is 41.2 Å². The first-order valence-corrected chi connectivity index (χ1v) is 7.39. The van der Waals surface area contributed by atoms with Crippen LogP contribution < -0.4 is 10.0 Å². The summed E-state index contributed by atoms with van der Waals surface area (Å²) in [6.07, 6.45) is 3.48. The monoisotopic (exact) mass is 268 g/mol. The van der Waals surface area contributed by atoms with Crippen molar-refractivity contribution in [2.75, 3.05) is 19.6 Å². The molecule has 1 aliphatic rings. The molecule has 0 amide bonds. The van der Waals surface area contributed by atoms with Gasteiger partial charge in [-0.15, -0.1) is 11.3 Å². The van der Waals surface area contributed by atoms with E-state index in [4.69, 9.17) is 0 Å². The van der Waals surface area contributed by atoms with Crippen LogP contribution in [0.2, 0.25) is 0 Å². The summed E-state index contributed by atoms with van der Waals surface area (Å²) >= 11 is 1.27. The predicted molar refractivity (Wildman–Crippen MR) is 68.8 cm³/mol. The molecule has 0 atom stereocenters. The van der Waals surface area contributed by atoms with E-state index < -0.39 is 5.97 Å². The number of carbonyl (C=O) groups is 1. The summed E-state index contributed by atoms with van der Waals surface area (Å²) in [6.45, 7) is 7.58. The average Bonchev–Trinajstić information content (AvgIpc) is 2.70. The number of likely N-dealkylation sites (tertiary alicyclic amines) is 1. The van der Waals surface area contributed by atoms with Gasteiger partial charge in [0.25, 0.3) is 0 Å². The van der Waals surface area contributed by atoms with E-state index in [1.54, 1.807) is 11.8 Å². The van der Waals surface area contributed by atoms with E-state index in [-0.39, 0.29) is 4.88 Å². The number of rotatable bonds is 4. The first kappa shape index (κ1) is 13.5. The van der Waals surface area contributed by atoms with Gasteiger partial charge in [0.2, 0.25) is 0 Å². The van der Waals surface area contributed by atoms with Gasteiger partial charge in [-0.05, 0) is 25.7 Å². The molecule has 100 valence electrons. The molecule has 1 aromatic rings. The highest BCUT2D eigenvalue weighted by Crippen LogP contribution is 2.17. The van der Waals surface area contributed by atoms with Crippen LogP contribution in [0, 0.1) is 12.8 Å². The van der Waals surface area contributed by atoms with E-state index in [0.29, 0.717) is 5.69 Å². The molecule has 0 aliphatic carbocycles. The Morgan fingerprint density at radius 2 is 2.17 bits per heavy atom. The van der Waals surface area contributed by atoms with Crippen LogP contribution in [0.1, 0.15) is 40.1 Å². The van der Waals surface area contributed by atoms with Crippen LogP contribution >= 0.6 is 11.3 Å². The SMILES string of the molecule is Cc1nc(CC[NH+]2CCC(C)CC2)sc1C(=O)[O-]. The number of carboxylic acid groups (broad SMARTS) is 1. The molecule has 0 spiro atoms. The molecule has 2 heterocycles. The summed E-state index contributed by atoms with van der Waals surface area (Å²) in [5, 5.41) is 11.8. The second-order valence-corrected chi connectivity index (χ2v) is 6.33. The molecule has 4 nitrogen and oxygen atoms in total. The Bertz CT molecular complexity index is 423. The van der Waals surface area contributed by atoms with E-state index in [1.807, 2.05) is 0 Å². The highest BCUT2D eigenvalue weighted by Gasteiger charge is 2.19. The third-order valence-corrected chi connectivity index (χ3v) is 4.90. The van der Waals surface area contributed by atoms with Gasteiger partial charge in [0.15, 0.2) is 0 Å². The van der Waals surface area contributed by atoms with E-state index in [0.717, 1.165) is 23.9 Å². The van der Waals surface area contributed by atoms with E-state index >= 15 is 0 Å². The number of piperidine rings is 1. The van der Waals surface area contributed by atoms with Gasteiger partial charge in [0.1, 0.15) is 0 Å². The molecule has 1 aromatic heterocycles. The summed E-state index contributed by atoms with van der Waals surface area (Å²) in [5.74, 6) is -0.240. The van der Waals surface area contributed by atoms with Gasteiger partial charge in [0, 0.05) is 6.42 Å². The second-order valence-electron chi connectivity index (χ2n) is 5.24. The number of hydrogen-bond donors (Lipinski definition) is 1. The Hall–Kier alpha value is -0.940. The topological polar surface area (TPSA) is 57.5 Å². The van der Waals surface area contributed by atoms with Gasteiger partial charge < -0.3 is 14.8 Å². The van der Waals surface area contributed by atoms with Crippen LogP contribution in [-0.2, 0) is 6.42 Å². The van der Waals surface area contributed by atoms with Crippen molar-refractivity contribution in [3.63, 3.8) is 0 Å². The molecule has 0 bridgehead atoms. The maximum atomic E-state index is 10.8. The minimum absolute atomic E-state index is 0.285. The number of aryl methyl sites for hydroxylation is 1. The molecule has 0 radical (unpaired) electrons. The summed E-state index contributed by atoms with van der Waals surface area (Å²) in [6, 6.07) is 0. The van der Waals surface area contributed by atoms with Gasteiger partial charge in [-0.3, -0.25) is 0 Å². The average molecular weight is 268 g/mol. The zero-order valence-corrected chi connectivity index (χ0v) is 11.8. The number of nitrogens with one attached hydrogen (secondary N) is 1. The van der Waals surface area contributed by atoms with Crippen LogP contribution in [0.4, 0.5) is 0 Å². The molecule has 1 fully saturated rings. The molecule has 2 rings (SSSR count). The van der Waals surface area contributed by atoms with Crippen molar-refractivity contribution < 1.29 is 14.8 Å². The fraction of sp³-hybridized carbons (Fsp3) is 0.692. The van der Waals surface area contributed by atoms with Crippen molar-refractivity contribution in [1.82, 2.24) is 4.98 Å². The third-order valence-electron chi connectivity index (χ3n) is 3.70. The van der Waals surface area contributed by atoms with E-state index in [2.05, 4.69) is 11.9 Å². The molecule has 0 aromatic carbocycles. The zero-order valence-electron chi connectivity index (χ0n) is 11.0. The van der Waals surface area contributed by atoms with Crippen molar-refractivity contribution in [2.45, 2.75) is 33.1 Å². The maximum absolute atomic E-state index is 10.8.